The molecule has 1 amide bonds. The molecule has 0 spiro atoms. The number of amides is 1. The number of hydrogen-bond acceptors (Lipinski definition) is 2. The van der Waals surface area contributed by atoms with Gasteiger partial charge in [0.05, 0.1) is 7.11 Å². The Labute approximate surface area is 131 Å². The van der Waals surface area contributed by atoms with Gasteiger partial charge in [0, 0.05) is 23.1 Å². The Bertz CT molecular complexity index is 708. The summed E-state index contributed by atoms with van der Waals surface area (Å²) >= 11 is 0. The van der Waals surface area contributed by atoms with Crippen LogP contribution in [0.2, 0.25) is 0 Å². The summed E-state index contributed by atoms with van der Waals surface area (Å²) in [6.45, 7) is 0. The van der Waals surface area contributed by atoms with Gasteiger partial charge in [-0.1, -0.05) is 6.08 Å². The van der Waals surface area contributed by atoms with Gasteiger partial charge >= 0.3 is 0 Å². The van der Waals surface area contributed by atoms with Crippen LogP contribution in [0.5, 0.6) is 5.75 Å². The van der Waals surface area contributed by atoms with E-state index >= 15 is 0 Å². The van der Waals surface area contributed by atoms with Gasteiger partial charge < -0.3 is 10.5 Å². The van der Waals surface area contributed by atoms with Crippen LogP contribution in [0.15, 0.2) is 47.6 Å². The number of nitrogens with two attached hydrogens (primary N) is 1. The third-order valence-electron chi connectivity index (χ3n) is 3.46. The van der Waals surface area contributed by atoms with Crippen LogP contribution >= 0.6 is 0 Å². The molecule has 0 saturated heterocycles. The van der Waals surface area contributed by atoms with Crippen molar-refractivity contribution in [3.05, 3.63) is 58.7 Å². The maximum Gasteiger partial charge on any atom is 0.248 e. The molecule has 1 aliphatic rings. The van der Waals surface area contributed by atoms with Crippen LogP contribution in [0.3, 0.4) is 0 Å². The quantitative estimate of drug-likeness (QED) is 0.910. The van der Waals surface area contributed by atoms with E-state index in [-0.39, 0.29) is 24.0 Å². The van der Waals surface area contributed by atoms with Gasteiger partial charge in [-0.15, -0.1) is 0 Å². The van der Waals surface area contributed by atoms with Crippen LogP contribution in [0.25, 0.3) is 6.08 Å². The summed E-state index contributed by atoms with van der Waals surface area (Å²) in [6.07, 6.45) is 1.55. The van der Waals surface area contributed by atoms with Crippen molar-refractivity contribution in [1.29, 1.82) is 0 Å². The van der Waals surface area contributed by atoms with E-state index in [9.17, 15) is 18.0 Å². The standard InChI is InChI=1S/C17H16F3NO2/c1-23-16-7-3-11(17(21)22)8-10(16)2-5-13-14(19)6-4-12(18)9-15(13)20/h2-3,5,7-9,12H,4,6H2,1H3,(H2,21,22)/b5-2+. The van der Waals surface area contributed by atoms with Crippen LogP contribution in [0, 0.1) is 0 Å². The fourth-order valence-electron chi connectivity index (χ4n) is 2.22. The molecule has 1 aliphatic carbocycles. The highest BCUT2D eigenvalue weighted by atomic mass is 19.1. The molecule has 1 atom stereocenters. The summed E-state index contributed by atoms with van der Waals surface area (Å²) in [5.41, 5.74) is 5.57. The van der Waals surface area contributed by atoms with E-state index in [2.05, 4.69) is 0 Å². The van der Waals surface area contributed by atoms with Crippen molar-refractivity contribution >= 4 is 12.0 Å². The van der Waals surface area contributed by atoms with Crippen molar-refractivity contribution < 1.29 is 22.7 Å². The molecule has 0 bridgehead atoms. The fourth-order valence-corrected chi connectivity index (χ4v) is 2.22. The maximum atomic E-state index is 13.9. The second kappa shape index (κ2) is 7.17. The molecule has 3 nitrogen and oxygen atoms in total. The second-order valence-electron chi connectivity index (χ2n) is 5.04. The van der Waals surface area contributed by atoms with Crippen LogP contribution < -0.4 is 10.5 Å². The Kier molecular flexibility index (Phi) is 5.26. The first-order chi connectivity index (χ1) is 10.9. The lowest BCUT2D eigenvalue weighted by atomic mass is 10.1. The van der Waals surface area contributed by atoms with E-state index in [1.54, 1.807) is 0 Å². The SMILES string of the molecule is COc1ccc(C(N)=O)cc1/C=C/C1=C(F)CCC(F)C=C1F. The average Bonchev–Trinajstić information content (AvgIpc) is 2.63. The number of allylic oxidation sites excluding steroid dienone is 5. The lowest BCUT2D eigenvalue weighted by molar-refractivity contribution is 0.1000. The molecule has 1 aromatic carbocycles. The Balaban J connectivity index is 2.40. The lowest BCUT2D eigenvalue weighted by Crippen LogP contribution is -2.10. The van der Waals surface area contributed by atoms with E-state index in [4.69, 9.17) is 10.5 Å². The van der Waals surface area contributed by atoms with E-state index in [1.807, 2.05) is 0 Å². The molecule has 122 valence electrons. The van der Waals surface area contributed by atoms with Crippen molar-refractivity contribution in [2.45, 2.75) is 19.0 Å². The Morgan fingerprint density at radius 2 is 2.09 bits per heavy atom. The van der Waals surface area contributed by atoms with Crippen LogP contribution in [0.1, 0.15) is 28.8 Å². The Hall–Kier alpha value is -2.50. The van der Waals surface area contributed by atoms with Crippen molar-refractivity contribution in [3.8, 4) is 5.75 Å². The summed E-state index contributed by atoms with van der Waals surface area (Å²) in [7, 11) is 1.43. The van der Waals surface area contributed by atoms with Gasteiger partial charge in [0.25, 0.3) is 0 Å². The van der Waals surface area contributed by atoms with Gasteiger partial charge in [-0.05, 0) is 36.8 Å². The molecular formula is C17H16F3NO2. The number of carbonyl (C=O) groups excluding carboxylic acids is 1. The molecule has 6 heteroatoms. The normalized spacial score (nSPS) is 18.8. The minimum absolute atomic E-state index is 0.100. The largest absolute Gasteiger partial charge is 0.496 e. The summed E-state index contributed by atoms with van der Waals surface area (Å²) in [6, 6.07) is 4.46. The van der Waals surface area contributed by atoms with E-state index < -0.39 is 23.7 Å². The monoisotopic (exact) mass is 323 g/mol. The average molecular weight is 323 g/mol. The molecule has 1 unspecified atom stereocenters. The minimum Gasteiger partial charge on any atom is -0.496 e. The molecule has 0 fully saturated rings. The number of primary amides is 1. The van der Waals surface area contributed by atoms with E-state index in [1.165, 1.54) is 37.5 Å². The van der Waals surface area contributed by atoms with Crippen molar-refractivity contribution in [3.63, 3.8) is 0 Å². The molecule has 23 heavy (non-hydrogen) atoms. The Morgan fingerprint density at radius 3 is 2.74 bits per heavy atom. The molecule has 2 N–H and O–H groups in total. The number of halogens is 3. The van der Waals surface area contributed by atoms with Gasteiger partial charge in [0.2, 0.25) is 5.91 Å². The first-order valence-electron chi connectivity index (χ1n) is 6.98. The molecule has 0 heterocycles. The zero-order valence-corrected chi connectivity index (χ0v) is 12.5. The highest BCUT2D eigenvalue weighted by Crippen LogP contribution is 2.30. The highest BCUT2D eigenvalue weighted by Gasteiger charge is 2.18. The molecular weight excluding hydrogens is 307 g/mol. The number of carbonyl (C=O) groups is 1. The zero-order valence-electron chi connectivity index (χ0n) is 12.5. The number of hydrogen-bond donors (Lipinski definition) is 1. The van der Waals surface area contributed by atoms with Gasteiger partial charge in [0.15, 0.2) is 0 Å². The van der Waals surface area contributed by atoms with Crippen LogP contribution in [-0.2, 0) is 0 Å². The maximum absolute atomic E-state index is 13.9. The first-order valence-corrected chi connectivity index (χ1v) is 6.98. The van der Waals surface area contributed by atoms with E-state index in [0.29, 0.717) is 11.3 Å². The van der Waals surface area contributed by atoms with Crippen molar-refractivity contribution in [2.75, 3.05) is 7.11 Å². The van der Waals surface area contributed by atoms with Gasteiger partial charge in [0.1, 0.15) is 23.6 Å². The number of ether oxygens (including phenoxy) is 1. The fraction of sp³-hybridized carbons (Fsp3) is 0.235. The van der Waals surface area contributed by atoms with Gasteiger partial charge in [-0.25, -0.2) is 13.2 Å². The predicted molar refractivity (Wildman–Crippen MR) is 82.0 cm³/mol. The summed E-state index contributed by atoms with van der Waals surface area (Å²) in [5, 5.41) is 0. The zero-order chi connectivity index (χ0) is 17.0. The van der Waals surface area contributed by atoms with Crippen LogP contribution in [0.4, 0.5) is 13.2 Å². The summed E-state index contributed by atoms with van der Waals surface area (Å²) in [5.74, 6) is -1.89. The molecule has 0 aliphatic heterocycles. The number of alkyl halides is 1. The third kappa shape index (κ3) is 4.03. The smallest absolute Gasteiger partial charge is 0.248 e. The predicted octanol–water partition coefficient (Wildman–Crippen LogP) is 4.02. The summed E-state index contributed by atoms with van der Waals surface area (Å²) < 4.78 is 46.2. The lowest BCUT2D eigenvalue weighted by Gasteiger charge is -2.07. The molecule has 0 aromatic heterocycles. The molecule has 0 radical (unpaired) electrons. The van der Waals surface area contributed by atoms with Crippen molar-refractivity contribution in [1.82, 2.24) is 0 Å². The van der Waals surface area contributed by atoms with Gasteiger partial charge in [-0.3, -0.25) is 4.79 Å². The topological polar surface area (TPSA) is 52.3 Å². The highest BCUT2D eigenvalue weighted by molar-refractivity contribution is 5.93. The molecule has 0 saturated carbocycles. The second-order valence-corrected chi connectivity index (χ2v) is 5.04. The van der Waals surface area contributed by atoms with E-state index in [0.717, 1.165) is 6.08 Å². The molecule has 1 aromatic rings. The third-order valence-corrected chi connectivity index (χ3v) is 3.46. The first kappa shape index (κ1) is 16.9. The molecule has 2 rings (SSSR count). The van der Waals surface area contributed by atoms with Crippen LogP contribution in [-0.4, -0.2) is 19.2 Å². The van der Waals surface area contributed by atoms with Crippen molar-refractivity contribution in [2.24, 2.45) is 5.73 Å². The number of benzene rings is 1. The number of rotatable bonds is 4. The summed E-state index contributed by atoms with van der Waals surface area (Å²) in [4.78, 5) is 11.2. The van der Waals surface area contributed by atoms with Gasteiger partial charge in [-0.2, -0.15) is 0 Å². The Morgan fingerprint density at radius 1 is 1.35 bits per heavy atom. The number of methoxy groups -OCH3 is 1. The minimum atomic E-state index is -1.51.